The number of hydrogen-bond donors (Lipinski definition) is 4. The molecule has 14 heavy (non-hydrogen) atoms. The Kier molecular flexibility index (Phi) is 3.88. The summed E-state index contributed by atoms with van der Waals surface area (Å²) in [7, 11) is 0. The van der Waals surface area contributed by atoms with Crippen molar-refractivity contribution in [3.8, 4) is 5.75 Å². The Labute approximate surface area is 82.6 Å². The molecule has 4 heteroatoms. The van der Waals surface area contributed by atoms with Crippen LogP contribution in [0.1, 0.15) is 23.6 Å². The van der Waals surface area contributed by atoms with Gasteiger partial charge in [0.25, 0.3) is 0 Å². The number of hydrogen-bond acceptors (Lipinski definition) is 4. The lowest BCUT2D eigenvalue weighted by Gasteiger charge is -2.13. The maximum absolute atomic E-state index is 9.66. The first-order chi connectivity index (χ1) is 6.70. The summed E-state index contributed by atoms with van der Waals surface area (Å²) < 4.78 is 0. The highest BCUT2D eigenvalue weighted by Gasteiger charge is 2.12. The molecule has 5 N–H and O–H groups in total. The lowest BCUT2D eigenvalue weighted by molar-refractivity contribution is 0.270. The zero-order valence-electron chi connectivity index (χ0n) is 7.85. The SMILES string of the molecule is NC(CCO)c1cccc(CO)c1O. The topological polar surface area (TPSA) is 86.7 Å². The van der Waals surface area contributed by atoms with Crippen molar-refractivity contribution in [2.45, 2.75) is 19.1 Å². The summed E-state index contributed by atoms with van der Waals surface area (Å²) in [6, 6.07) is 4.64. The average molecular weight is 197 g/mol. The van der Waals surface area contributed by atoms with Crippen LogP contribution in [-0.2, 0) is 6.61 Å². The highest BCUT2D eigenvalue weighted by molar-refractivity contribution is 5.41. The molecule has 1 atom stereocenters. The van der Waals surface area contributed by atoms with Crippen LogP contribution in [0.25, 0.3) is 0 Å². The Hall–Kier alpha value is -1.10. The molecule has 0 heterocycles. The molecule has 1 aromatic carbocycles. The Bertz CT molecular complexity index is 301. The Morgan fingerprint density at radius 2 is 2.00 bits per heavy atom. The van der Waals surface area contributed by atoms with E-state index in [-0.39, 0.29) is 19.0 Å². The van der Waals surface area contributed by atoms with Crippen molar-refractivity contribution in [3.63, 3.8) is 0 Å². The average Bonchev–Trinajstić information content (AvgIpc) is 2.18. The van der Waals surface area contributed by atoms with Gasteiger partial charge in [-0.2, -0.15) is 0 Å². The fourth-order valence-electron chi connectivity index (χ4n) is 1.33. The zero-order valence-corrected chi connectivity index (χ0v) is 7.85. The predicted octanol–water partition coefficient (Wildman–Crippen LogP) is 0.267. The molecule has 0 aliphatic carbocycles. The van der Waals surface area contributed by atoms with Crippen molar-refractivity contribution in [1.29, 1.82) is 0 Å². The second kappa shape index (κ2) is 4.95. The molecule has 4 nitrogen and oxygen atoms in total. The number of nitrogens with two attached hydrogens (primary N) is 1. The Morgan fingerprint density at radius 1 is 1.29 bits per heavy atom. The Morgan fingerprint density at radius 3 is 2.57 bits per heavy atom. The van der Waals surface area contributed by atoms with Gasteiger partial charge in [-0.25, -0.2) is 0 Å². The third-order valence-electron chi connectivity index (χ3n) is 2.16. The van der Waals surface area contributed by atoms with Crippen molar-refractivity contribution in [2.75, 3.05) is 6.61 Å². The maximum atomic E-state index is 9.66. The van der Waals surface area contributed by atoms with E-state index in [4.69, 9.17) is 15.9 Å². The standard InChI is InChI=1S/C10H15NO3/c11-9(4-5-12)8-3-1-2-7(6-13)10(8)14/h1-3,9,12-14H,4-6,11H2. The number of para-hydroxylation sites is 1. The quantitative estimate of drug-likeness (QED) is 0.558. The van der Waals surface area contributed by atoms with Gasteiger partial charge in [0.2, 0.25) is 0 Å². The largest absolute Gasteiger partial charge is 0.507 e. The fourth-order valence-corrected chi connectivity index (χ4v) is 1.33. The van der Waals surface area contributed by atoms with Gasteiger partial charge in [0.15, 0.2) is 0 Å². The van der Waals surface area contributed by atoms with Crippen molar-refractivity contribution >= 4 is 0 Å². The molecule has 0 fully saturated rings. The van der Waals surface area contributed by atoms with Gasteiger partial charge >= 0.3 is 0 Å². The van der Waals surface area contributed by atoms with Crippen molar-refractivity contribution in [2.24, 2.45) is 5.73 Å². The van der Waals surface area contributed by atoms with E-state index in [1.807, 2.05) is 0 Å². The van der Waals surface area contributed by atoms with Crippen LogP contribution < -0.4 is 5.73 Å². The number of aliphatic hydroxyl groups is 2. The summed E-state index contributed by atoms with van der Waals surface area (Å²) in [6.45, 7) is -0.241. The fraction of sp³-hybridized carbons (Fsp3) is 0.400. The van der Waals surface area contributed by atoms with Gasteiger partial charge in [0.1, 0.15) is 5.75 Å². The number of aromatic hydroxyl groups is 1. The third kappa shape index (κ3) is 2.23. The predicted molar refractivity (Wildman–Crippen MR) is 52.7 cm³/mol. The number of benzene rings is 1. The minimum atomic E-state index is -0.397. The molecular formula is C10H15NO3. The Balaban J connectivity index is 2.96. The van der Waals surface area contributed by atoms with E-state index in [0.29, 0.717) is 17.5 Å². The molecule has 0 bridgehead atoms. The molecule has 1 rings (SSSR count). The summed E-state index contributed by atoms with van der Waals surface area (Å²) in [4.78, 5) is 0. The lowest BCUT2D eigenvalue weighted by Crippen LogP contribution is -2.12. The van der Waals surface area contributed by atoms with E-state index in [1.54, 1.807) is 18.2 Å². The van der Waals surface area contributed by atoms with Crippen LogP contribution in [-0.4, -0.2) is 21.9 Å². The minimum absolute atomic E-state index is 0.0238. The highest BCUT2D eigenvalue weighted by atomic mass is 16.3. The van der Waals surface area contributed by atoms with Crippen LogP contribution in [0.3, 0.4) is 0 Å². The molecule has 0 saturated heterocycles. The summed E-state index contributed by atoms with van der Waals surface area (Å²) in [5.74, 6) is 0.0240. The molecule has 0 aliphatic rings. The molecule has 1 unspecified atom stereocenters. The normalized spacial score (nSPS) is 12.8. The van der Waals surface area contributed by atoms with Gasteiger partial charge in [0, 0.05) is 23.8 Å². The van der Waals surface area contributed by atoms with Crippen LogP contribution in [0.4, 0.5) is 0 Å². The summed E-state index contributed by atoms with van der Waals surface area (Å²) in [6.07, 6.45) is 0.391. The zero-order chi connectivity index (χ0) is 10.6. The molecule has 0 amide bonds. The second-order valence-corrected chi connectivity index (χ2v) is 3.13. The molecule has 1 aromatic rings. The number of phenols is 1. The van der Waals surface area contributed by atoms with Gasteiger partial charge in [-0.15, -0.1) is 0 Å². The molecular weight excluding hydrogens is 182 g/mol. The summed E-state index contributed by atoms with van der Waals surface area (Å²) in [5.41, 5.74) is 6.74. The highest BCUT2D eigenvalue weighted by Crippen LogP contribution is 2.28. The van der Waals surface area contributed by atoms with E-state index in [2.05, 4.69) is 0 Å². The number of rotatable bonds is 4. The van der Waals surface area contributed by atoms with Crippen molar-refractivity contribution in [3.05, 3.63) is 29.3 Å². The van der Waals surface area contributed by atoms with Crippen molar-refractivity contribution in [1.82, 2.24) is 0 Å². The molecule has 0 saturated carbocycles. The molecule has 0 radical (unpaired) electrons. The van der Waals surface area contributed by atoms with Crippen LogP contribution in [0.2, 0.25) is 0 Å². The van der Waals surface area contributed by atoms with E-state index in [9.17, 15) is 5.11 Å². The van der Waals surface area contributed by atoms with Crippen LogP contribution >= 0.6 is 0 Å². The van der Waals surface area contributed by atoms with Crippen LogP contribution in [0, 0.1) is 0 Å². The second-order valence-electron chi connectivity index (χ2n) is 3.13. The van der Waals surface area contributed by atoms with Gasteiger partial charge < -0.3 is 21.1 Å². The van der Waals surface area contributed by atoms with Crippen molar-refractivity contribution < 1.29 is 15.3 Å². The van der Waals surface area contributed by atoms with Gasteiger partial charge in [-0.3, -0.25) is 0 Å². The van der Waals surface area contributed by atoms with E-state index in [0.717, 1.165) is 0 Å². The summed E-state index contributed by atoms with van der Waals surface area (Å²) >= 11 is 0. The summed E-state index contributed by atoms with van der Waals surface area (Å²) in [5, 5.41) is 27.3. The molecule has 0 aromatic heterocycles. The van der Waals surface area contributed by atoms with E-state index >= 15 is 0 Å². The monoisotopic (exact) mass is 197 g/mol. The van der Waals surface area contributed by atoms with Crippen LogP contribution in [0.15, 0.2) is 18.2 Å². The molecule has 0 spiro atoms. The van der Waals surface area contributed by atoms with E-state index in [1.165, 1.54) is 0 Å². The maximum Gasteiger partial charge on any atom is 0.125 e. The lowest BCUT2D eigenvalue weighted by atomic mass is 10.0. The smallest absolute Gasteiger partial charge is 0.125 e. The first kappa shape index (κ1) is 11.0. The first-order valence-corrected chi connectivity index (χ1v) is 4.48. The van der Waals surface area contributed by atoms with Gasteiger partial charge in [-0.05, 0) is 6.42 Å². The number of aliphatic hydroxyl groups excluding tert-OH is 2. The van der Waals surface area contributed by atoms with Crippen LogP contribution in [0.5, 0.6) is 5.75 Å². The van der Waals surface area contributed by atoms with Gasteiger partial charge in [0.05, 0.1) is 6.61 Å². The first-order valence-electron chi connectivity index (χ1n) is 4.48. The van der Waals surface area contributed by atoms with E-state index < -0.39 is 6.04 Å². The van der Waals surface area contributed by atoms with Gasteiger partial charge in [-0.1, -0.05) is 18.2 Å². The molecule has 0 aliphatic heterocycles. The third-order valence-corrected chi connectivity index (χ3v) is 2.16. The minimum Gasteiger partial charge on any atom is -0.507 e. The molecule has 78 valence electrons.